The SMILES string of the molecule is Cc1ncc(C(=O)N[C@]2(C)CC3(CCN(Cc4cnn(C)c4)CC3)OC[C@H]2O)cn1.O=CO. The summed E-state index contributed by atoms with van der Waals surface area (Å²) in [6, 6.07) is 0. The molecule has 11 heteroatoms. The third-order valence-corrected chi connectivity index (χ3v) is 6.35. The van der Waals surface area contributed by atoms with Crippen LogP contribution in [0.25, 0.3) is 0 Å². The van der Waals surface area contributed by atoms with Gasteiger partial charge in [0.25, 0.3) is 12.4 Å². The Morgan fingerprint density at radius 2 is 1.94 bits per heavy atom. The number of carbonyl (C=O) groups is 2. The maximum absolute atomic E-state index is 12.7. The molecule has 2 aromatic heterocycles. The van der Waals surface area contributed by atoms with Crippen molar-refractivity contribution >= 4 is 12.4 Å². The molecule has 1 spiro atoms. The number of amides is 1. The average molecular weight is 461 g/mol. The largest absolute Gasteiger partial charge is 0.483 e. The second kappa shape index (κ2) is 10.4. The van der Waals surface area contributed by atoms with E-state index in [-0.39, 0.29) is 24.6 Å². The minimum atomic E-state index is -0.772. The van der Waals surface area contributed by atoms with Crippen molar-refractivity contribution in [3.05, 3.63) is 41.7 Å². The number of aliphatic hydroxyl groups is 1. The summed E-state index contributed by atoms with van der Waals surface area (Å²) in [5.74, 6) is 0.337. The average Bonchev–Trinajstić information content (AvgIpc) is 3.18. The maximum atomic E-state index is 12.7. The summed E-state index contributed by atoms with van der Waals surface area (Å²) in [6.07, 6.45) is 8.49. The number of likely N-dealkylation sites (tertiary alicyclic amines) is 1. The Balaban J connectivity index is 0.000000968. The molecule has 3 N–H and O–H groups in total. The molecule has 0 unspecified atom stereocenters. The predicted molar refractivity (Wildman–Crippen MR) is 118 cm³/mol. The first-order chi connectivity index (χ1) is 15.7. The highest BCUT2D eigenvalue weighted by atomic mass is 16.5. The molecule has 2 saturated heterocycles. The van der Waals surface area contributed by atoms with Crippen LogP contribution in [0.5, 0.6) is 0 Å². The lowest BCUT2D eigenvalue weighted by molar-refractivity contribution is -0.177. The number of rotatable bonds is 4. The summed E-state index contributed by atoms with van der Waals surface area (Å²) in [5, 5.41) is 24.8. The number of nitrogens with zero attached hydrogens (tertiary/aromatic N) is 5. The maximum Gasteiger partial charge on any atom is 0.290 e. The molecule has 180 valence electrons. The van der Waals surface area contributed by atoms with E-state index in [4.69, 9.17) is 14.6 Å². The monoisotopic (exact) mass is 460 g/mol. The third-order valence-electron chi connectivity index (χ3n) is 6.35. The van der Waals surface area contributed by atoms with E-state index >= 15 is 0 Å². The van der Waals surface area contributed by atoms with Crippen LogP contribution in [-0.2, 0) is 23.1 Å². The minimum Gasteiger partial charge on any atom is -0.483 e. The first-order valence-corrected chi connectivity index (χ1v) is 10.9. The number of aliphatic hydroxyl groups excluding tert-OH is 1. The van der Waals surface area contributed by atoms with E-state index in [0.29, 0.717) is 17.8 Å². The van der Waals surface area contributed by atoms with Crippen LogP contribution in [0, 0.1) is 6.92 Å². The molecule has 2 atom stereocenters. The van der Waals surface area contributed by atoms with Gasteiger partial charge < -0.3 is 20.3 Å². The van der Waals surface area contributed by atoms with Gasteiger partial charge in [0, 0.05) is 57.3 Å². The Hall–Kier alpha value is -2.89. The molecular formula is C22H32N6O5. The summed E-state index contributed by atoms with van der Waals surface area (Å²) in [6.45, 7) is 6.31. The van der Waals surface area contributed by atoms with Crippen molar-refractivity contribution < 1.29 is 24.5 Å². The molecule has 2 aromatic rings. The molecular weight excluding hydrogens is 428 g/mol. The van der Waals surface area contributed by atoms with Crippen molar-refractivity contribution in [3.8, 4) is 0 Å². The fourth-order valence-electron chi connectivity index (χ4n) is 4.50. The number of ether oxygens (including phenoxy) is 1. The van der Waals surface area contributed by atoms with E-state index in [1.165, 1.54) is 18.0 Å². The number of piperidine rings is 1. The Kier molecular flexibility index (Phi) is 7.77. The van der Waals surface area contributed by atoms with Crippen LogP contribution < -0.4 is 5.32 Å². The first kappa shape index (κ1) is 24.7. The molecule has 4 rings (SSSR count). The molecule has 0 bridgehead atoms. The van der Waals surface area contributed by atoms with E-state index in [1.807, 2.05) is 31.0 Å². The number of aryl methyl sites for hydroxylation is 2. The number of carboxylic acid groups (broad SMARTS) is 1. The minimum absolute atomic E-state index is 0.212. The Labute approximate surface area is 192 Å². The summed E-state index contributed by atoms with van der Waals surface area (Å²) >= 11 is 0. The predicted octanol–water partition coefficient (Wildman–Crippen LogP) is 0.524. The van der Waals surface area contributed by atoms with Crippen molar-refractivity contribution in [1.29, 1.82) is 0 Å². The lowest BCUT2D eigenvalue weighted by Gasteiger charge is -2.52. The van der Waals surface area contributed by atoms with Gasteiger partial charge in [-0.1, -0.05) is 0 Å². The van der Waals surface area contributed by atoms with Crippen LogP contribution in [0.1, 0.15) is 47.9 Å². The van der Waals surface area contributed by atoms with Gasteiger partial charge in [-0.05, 0) is 26.7 Å². The van der Waals surface area contributed by atoms with E-state index in [1.54, 1.807) is 6.92 Å². The molecule has 0 aliphatic carbocycles. The topological polar surface area (TPSA) is 143 Å². The zero-order chi connectivity index (χ0) is 24.1. The van der Waals surface area contributed by atoms with E-state index in [2.05, 4.69) is 25.3 Å². The molecule has 2 aliphatic heterocycles. The van der Waals surface area contributed by atoms with Gasteiger partial charge in [-0.25, -0.2) is 9.97 Å². The fraction of sp³-hybridized carbons (Fsp3) is 0.591. The molecule has 4 heterocycles. The van der Waals surface area contributed by atoms with Gasteiger partial charge in [-0.2, -0.15) is 5.10 Å². The van der Waals surface area contributed by atoms with Crippen molar-refractivity contribution in [2.24, 2.45) is 7.05 Å². The van der Waals surface area contributed by atoms with Crippen LogP contribution in [-0.4, -0.2) is 84.2 Å². The van der Waals surface area contributed by atoms with E-state index < -0.39 is 11.6 Å². The zero-order valence-electron chi connectivity index (χ0n) is 19.3. The summed E-state index contributed by atoms with van der Waals surface area (Å²) in [7, 11) is 1.92. The molecule has 0 radical (unpaired) electrons. The summed E-state index contributed by atoms with van der Waals surface area (Å²) < 4.78 is 7.97. The van der Waals surface area contributed by atoms with Gasteiger partial charge in [0.2, 0.25) is 0 Å². The summed E-state index contributed by atoms with van der Waals surface area (Å²) in [5.41, 5.74) is 0.481. The van der Waals surface area contributed by atoms with E-state index in [9.17, 15) is 9.90 Å². The van der Waals surface area contributed by atoms with Gasteiger partial charge in [0.1, 0.15) is 11.9 Å². The highest BCUT2D eigenvalue weighted by Gasteiger charge is 2.50. The number of hydrogen-bond acceptors (Lipinski definition) is 8. The Bertz CT molecular complexity index is 941. The smallest absolute Gasteiger partial charge is 0.290 e. The molecule has 2 aliphatic rings. The molecule has 33 heavy (non-hydrogen) atoms. The standard InChI is InChI=1S/C21H30N6O3.CH2O2/c1-15-22-9-17(10-23-15)19(29)25-20(2)14-21(30-13-18(20)28)4-6-27(7-5-21)12-16-8-24-26(3)11-16;2-1-3/h8-11,18,28H,4-7,12-14H2,1-3H3,(H,25,29);1H,(H,2,3)/t18-,20-;/m1./s1. The Morgan fingerprint density at radius 1 is 1.30 bits per heavy atom. The molecule has 0 aromatic carbocycles. The van der Waals surface area contributed by atoms with Gasteiger partial charge in [-0.15, -0.1) is 0 Å². The van der Waals surface area contributed by atoms with Gasteiger partial charge in [0.05, 0.1) is 29.5 Å². The van der Waals surface area contributed by atoms with Crippen LogP contribution in [0.4, 0.5) is 0 Å². The highest BCUT2D eigenvalue weighted by Crippen LogP contribution is 2.40. The number of aromatic nitrogens is 4. The summed E-state index contributed by atoms with van der Waals surface area (Å²) in [4.78, 5) is 31.7. The van der Waals surface area contributed by atoms with Gasteiger partial charge in [0.15, 0.2) is 0 Å². The number of carbonyl (C=O) groups excluding carboxylic acids is 1. The zero-order valence-corrected chi connectivity index (χ0v) is 19.3. The molecule has 11 nitrogen and oxygen atoms in total. The Morgan fingerprint density at radius 3 is 2.52 bits per heavy atom. The second-order valence-corrected chi connectivity index (χ2v) is 8.98. The second-order valence-electron chi connectivity index (χ2n) is 8.98. The third kappa shape index (κ3) is 6.12. The number of hydrogen-bond donors (Lipinski definition) is 3. The first-order valence-electron chi connectivity index (χ1n) is 10.9. The quantitative estimate of drug-likeness (QED) is 0.557. The normalized spacial score (nSPS) is 24.5. The molecule has 1 amide bonds. The highest BCUT2D eigenvalue weighted by molar-refractivity contribution is 5.94. The number of nitrogens with one attached hydrogen (secondary N) is 1. The van der Waals surface area contributed by atoms with Crippen molar-refractivity contribution in [1.82, 2.24) is 30.0 Å². The van der Waals surface area contributed by atoms with Crippen molar-refractivity contribution in [2.75, 3.05) is 19.7 Å². The van der Waals surface area contributed by atoms with Crippen LogP contribution in [0.3, 0.4) is 0 Å². The van der Waals surface area contributed by atoms with Gasteiger partial charge >= 0.3 is 0 Å². The lowest BCUT2D eigenvalue weighted by Crippen LogP contribution is -2.65. The van der Waals surface area contributed by atoms with Crippen molar-refractivity contribution in [3.63, 3.8) is 0 Å². The van der Waals surface area contributed by atoms with Crippen LogP contribution in [0.2, 0.25) is 0 Å². The fourth-order valence-corrected chi connectivity index (χ4v) is 4.50. The van der Waals surface area contributed by atoms with Crippen molar-refractivity contribution in [2.45, 2.75) is 56.9 Å². The molecule has 2 fully saturated rings. The molecule has 0 saturated carbocycles. The van der Waals surface area contributed by atoms with Crippen LogP contribution >= 0.6 is 0 Å². The van der Waals surface area contributed by atoms with Crippen LogP contribution in [0.15, 0.2) is 24.8 Å². The lowest BCUT2D eigenvalue weighted by atomic mass is 9.74. The van der Waals surface area contributed by atoms with E-state index in [0.717, 1.165) is 32.5 Å². The van der Waals surface area contributed by atoms with Gasteiger partial charge in [-0.3, -0.25) is 19.2 Å².